The Labute approximate surface area is 143 Å². The van der Waals surface area contributed by atoms with Crippen LogP contribution >= 0.6 is 15.9 Å². The van der Waals surface area contributed by atoms with Gasteiger partial charge in [0.05, 0.1) is 24.1 Å². The van der Waals surface area contributed by atoms with Gasteiger partial charge in [0.2, 0.25) is 0 Å². The molecule has 6 heteroatoms. The normalized spacial score (nSPS) is 21.5. The Morgan fingerprint density at radius 1 is 1.26 bits per heavy atom. The number of ether oxygens (including phenoxy) is 1. The number of benzene rings is 1. The van der Waals surface area contributed by atoms with Crippen molar-refractivity contribution in [3.63, 3.8) is 0 Å². The van der Waals surface area contributed by atoms with Gasteiger partial charge < -0.3 is 4.74 Å². The molecular weight excluding hydrogens is 360 g/mol. The molecule has 0 radical (unpaired) electrons. The van der Waals surface area contributed by atoms with Crippen molar-refractivity contribution in [2.45, 2.75) is 32.2 Å². The number of rotatable bonds is 3. The quantitative estimate of drug-likeness (QED) is 0.768. The molecule has 1 saturated carbocycles. The molecule has 5 nitrogen and oxygen atoms in total. The van der Waals surface area contributed by atoms with E-state index in [-0.39, 0.29) is 17.6 Å². The Hall–Kier alpha value is -1.56. The van der Waals surface area contributed by atoms with Gasteiger partial charge in [-0.2, -0.15) is 0 Å². The second kappa shape index (κ2) is 6.51. The molecule has 1 fully saturated rings. The first-order valence-electron chi connectivity index (χ1n) is 7.94. The zero-order valence-corrected chi connectivity index (χ0v) is 15.0. The first kappa shape index (κ1) is 16.3. The highest BCUT2D eigenvalue weighted by atomic mass is 79.9. The zero-order chi connectivity index (χ0) is 16.6. The molecule has 1 aliphatic rings. The smallest absolute Gasteiger partial charge is 0.328 e. The summed E-state index contributed by atoms with van der Waals surface area (Å²) in [7, 11) is 3.26. The van der Waals surface area contributed by atoms with E-state index in [0.717, 1.165) is 41.2 Å². The summed E-state index contributed by atoms with van der Waals surface area (Å²) in [5.74, 6) is 0.350. The molecule has 0 saturated heterocycles. The monoisotopic (exact) mass is 380 g/mol. The van der Waals surface area contributed by atoms with Crippen LogP contribution in [0, 0.1) is 11.8 Å². The number of hydrogen-bond donors (Lipinski definition) is 0. The highest BCUT2D eigenvalue weighted by Crippen LogP contribution is 2.31. The first-order valence-corrected chi connectivity index (χ1v) is 8.73. The maximum atomic E-state index is 12.5. The minimum atomic E-state index is -0.102. The molecule has 0 amide bonds. The van der Waals surface area contributed by atoms with E-state index in [1.807, 2.05) is 29.8 Å². The minimum Gasteiger partial charge on any atom is -0.469 e. The summed E-state index contributed by atoms with van der Waals surface area (Å²) in [5.41, 5.74) is 1.93. The fraction of sp³-hybridized carbons (Fsp3) is 0.529. The van der Waals surface area contributed by atoms with Gasteiger partial charge in [0, 0.05) is 18.1 Å². The van der Waals surface area contributed by atoms with Gasteiger partial charge in [-0.25, -0.2) is 4.79 Å². The average Bonchev–Trinajstić information content (AvgIpc) is 2.79. The average molecular weight is 381 g/mol. The number of methoxy groups -OCH3 is 1. The second-order valence-electron chi connectivity index (χ2n) is 6.33. The van der Waals surface area contributed by atoms with E-state index in [4.69, 9.17) is 4.74 Å². The number of carbonyl (C=O) groups excluding carboxylic acids is 1. The predicted octanol–water partition coefficient (Wildman–Crippen LogP) is 3.08. The lowest BCUT2D eigenvalue weighted by Crippen LogP contribution is -2.29. The summed E-state index contributed by atoms with van der Waals surface area (Å²) in [6.45, 7) is 0.709. The fourth-order valence-corrected chi connectivity index (χ4v) is 3.91. The number of carbonyl (C=O) groups is 1. The van der Waals surface area contributed by atoms with Crippen LogP contribution in [-0.2, 0) is 23.1 Å². The van der Waals surface area contributed by atoms with E-state index in [1.54, 1.807) is 4.57 Å². The molecule has 1 aromatic carbocycles. The molecule has 3 rings (SSSR count). The predicted molar refractivity (Wildman–Crippen MR) is 92.3 cm³/mol. The van der Waals surface area contributed by atoms with Crippen LogP contribution in [0.3, 0.4) is 0 Å². The molecule has 0 aliphatic heterocycles. The highest BCUT2D eigenvalue weighted by molar-refractivity contribution is 9.10. The number of aryl methyl sites for hydroxylation is 1. The summed E-state index contributed by atoms with van der Waals surface area (Å²) in [6.07, 6.45) is 3.61. The molecule has 1 aromatic heterocycles. The molecule has 0 unspecified atom stereocenters. The lowest BCUT2D eigenvalue weighted by molar-refractivity contribution is -0.146. The number of fused-ring (bicyclic) bond motifs is 1. The van der Waals surface area contributed by atoms with Gasteiger partial charge in [0.1, 0.15) is 0 Å². The fourth-order valence-electron chi connectivity index (χ4n) is 3.57. The van der Waals surface area contributed by atoms with Crippen LogP contribution in [0.1, 0.15) is 25.7 Å². The largest absolute Gasteiger partial charge is 0.469 e. The summed E-state index contributed by atoms with van der Waals surface area (Å²) in [4.78, 5) is 24.1. The first-order chi connectivity index (χ1) is 11.0. The van der Waals surface area contributed by atoms with Gasteiger partial charge in [-0.15, -0.1) is 0 Å². The molecule has 1 heterocycles. The number of esters is 1. The molecule has 0 N–H and O–H groups in total. The summed E-state index contributed by atoms with van der Waals surface area (Å²) in [5, 5.41) is 0. The lowest BCUT2D eigenvalue weighted by Gasteiger charge is -2.27. The third kappa shape index (κ3) is 3.09. The van der Waals surface area contributed by atoms with Crippen LogP contribution in [0.15, 0.2) is 27.5 Å². The molecule has 1 aliphatic carbocycles. The van der Waals surface area contributed by atoms with Crippen molar-refractivity contribution in [2.75, 3.05) is 7.11 Å². The van der Waals surface area contributed by atoms with Gasteiger partial charge in [0.15, 0.2) is 0 Å². The van der Waals surface area contributed by atoms with Crippen LogP contribution in [0.2, 0.25) is 0 Å². The standard InChI is InChI=1S/C17H21BrN2O3/c1-19-14-8-7-13(18)9-15(14)20(17(19)22)10-11-3-5-12(6-4-11)16(21)23-2/h7-9,11-12H,3-6,10H2,1-2H3/t11-,12-. The maximum absolute atomic E-state index is 12.5. The van der Waals surface area contributed by atoms with Crippen LogP contribution in [0.4, 0.5) is 0 Å². The third-order valence-corrected chi connectivity index (χ3v) is 5.42. The number of aromatic nitrogens is 2. The zero-order valence-electron chi connectivity index (χ0n) is 13.4. The van der Waals surface area contributed by atoms with E-state index >= 15 is 0 Å². The maximum Gasteiger partial charge on any atom is 0.328 e. The minimum absolute atomic E-state index is 0.0215. The van der Waals surface area contributed by atoms with Crippen molar-refractivity contribution in [2.24, 2.45) is 18.9 Å². The van der Waals surface area contributed by atoms with Crippen molar-refractivity contribution >= 4 is 32.9 Å². The Kier molecular flexibility index (Phi) is 4.62. The van der Waals surface area contributed by atoms with E-state index in [9.17, 15) is 9.59 Å². The Morgan fingerprint density at radius 2 is 1.96 bits per heavy atom. The van der Waals surface area contributed by atoms with E-state index < -0.39 is 0 Å². The SMILES string of the molecule is COC(=O)[C@H]1CC[C@H](Cn2c(=O)n(C)c3ccc(Br)cc32)CC1. The molecule has 23 heavy (non-hydrogen) atoms. The number of imidazole rings is 1. The van der Waals surface area contributed by atoms with Gasteiger partial charge in [-0.3, -0.25) is 13.9 Å². The van der Waals surface area contributed by atoms with Crippen molar-refractivity contribution < 1.29 is 9.53 Å². The number of nitrogens with zero attached hydrogens (tertiary/aromatic N) is 2. The topological polar surface area (TPSA) is 53.2 Å². The Bertz CT molecular complexity index is 785. The molecular formula is C17H21BrN2O3. The van der Waals surface area contributed by atoms with Crippen LogP contribution < -0.4 is 5.69 Å². The van der Waals surface area contributed by atoms with Gasteiger partial charge >= 0.3 is 11.7 Å². The molecule has 124 valence electrons. The lowest BCUT2D eigenvalue weighted by atomic mass is 9.82. The Balaban J connectivity index is 1.80. The van der Waals surface area contributed by atoms with Crippen molar-refractivity contribution in [1.29, 1.82) is 0 Å². The summed E-state index contributed by atoms with van der Waals surface area (Å²) < 4.78 is 9.37. The summed E-state index contributed by atoms with van der Waals surface area (Å²) in [6, 6.07) is 5.91. The molecule has 0 spiro atoms. The van der Waals surface area contributed by atoms with Gasteiger partial charge in [-0.1, -0.05) is 15.9 Å². The van der Waals surface area contributed by atoms with E-state index in [2.05, 4.69) is 15.9 Å². The molecule has 0 atom stereocenters. The number of halogens is 1. The van der Waals surface area contributed by atoms with E-state index in [0.29, 0.717) is 12.5 Å². The van der Waals surface area contributed by atoms with Crippen LogP contribution in [0.5, 0.6) is 0 Å². The van der Waals surface area contributed by atoms with Gasteiger partial charge in [0.25, 0.3) is 0 Å². The van der Waals surface area contributed by atoms with Crippen molar-refractivity contribution in [3.05, 3.63) is 33.2 Å². The Morgan fingerprint density at radius 3 is 2.61 bits per heavy atom. The highest BCUT2D eigenvalue weighted by Gasteiger charge is 2.27. The summed E-state index contributed by atoms with van der Waals surface area (Å²) >= 11 is 3.48. The molecule has 0 bridgehead atoms. The third-order valence-electron chi connectivity index (χ3n) is 4.93. The van der Waals surface area contributed by atoms with Crippen molar-refractivity contribution in [1.82, 2.24) is 9.13 Å². The van der Waals surface area contributed by atoms with E-state index in [1.165, 1.54) is 7.11 Å². The van der Waals surface area contributed by atoms with Crippen LogP contribution in [0.25, 0.3) is 11.0 Å². The van der Waals surface area contributed by atoms with Crippen molar-refractivity contribution in [3.8, 4) is 0 Å². The van der Waals surface area contributed by atoms with Crippen LogP contribution in [-0.4, -0.2) is 22.2 Å². The second-order valence-corrected chi connectivity index (χ2v) is 7.24. The molecule has 2 aromatic rings. The van der Waals surface area contributed by atoms with Gasteiger partial charge in [-0.05, 0) is 49.8 Å². The number of hydrogen-bond acceptors (Lipinski definition) is 3.